The lowest BCUT2D eigenvalue weighted by Gasteiger charge is -2.28. The number of ether oxygens (including phenoxy) is 1. The first kappa shape index (κ1) is 23.2. The Morgan fingerprint density at radius 2 is 1.85 bits per heavy atom. The Morgan fingerprint density at radius 1 is 1.09 bits per heavy atom. The van der Waals surface area contributed by atoms with E-state index in [4.69, 9.17) is 19.7 Å². The zero-order valence-corrected chi connectivity index (χ0v) is 19.3. The normalized spacial score (nSPS) is 17.1. The fraction of sp³-hybridized carbons (Fsp3) is 0.583. The van der Waals surface area contributed by atoms with E-state index in [1.807, 2.05) is 0 Å². The van der Waals surface area contributed by atoms with E-state index in [1.165, 1.54) is 31.7 Å². The third-order valence-electron chi connectivity index (χ3n) is 6.34. The number of aromatic nitrogens is 3. The van der Waals surface area contributed by atoms with E-state index < -0.39 is 0 Å². The van der Waals surface area contributed by atoms with Gasteiger partial charge in [-0.05, 0) is 44.2 Å². The molecular formula is C24H34N6O3. The Balaban J connectivity index is 1.54. The second kappa shape index (κ2) is 11.3. The molecule has 1 aliphatic carbocycles. The van der Waals surface area contributed by atoms with Gasteiger partial charge < -0.3 is 25.4 Å². The van der Waals surface area contributed by atoms with Crippen LogP contribution in [0, 0.1) is 0 Å². The maximum absolute atomic E-state index is 12.3. The summed E-state index contributed by atoms with van der Waals surface area (Å²) in [5.74, 6) is 1.97. The van der Waals surface area contributed by atoms with Gasteiger partial charge in [0.25, 0.3) is 5.91 Å². The molecule has 1 amide bonds. The molecule has 0 radical (unpaired) electrons. The quantitative estimate of drug-likeness (QED) is 0.517. The van der Waals surface area contributed by atoms with Crippen molar-refractivity contribution in [2.75, 3.05) is 43.6 Å². The molecule has 3 N–H and O–H groups in total. The molecule has 2 aromatic rings. The lowest BCUT2D eigenvalue weighted by molar-refractivity contribution is 0.0934. The summed E-state index contributed by atoms with van der Waals surface area (Å²) in [5.41, 5.74) is 0.829. The van der Waals surface area contributed by atoms with E-state index in [-0.39, 0.29) is 17.2 Å². The van der Waals surface area contributed by atoms with Crippen molar-refractivity contribution in [3.63, 3.8) is 0 Å². The van der Waals surface area contributed by atoms with Crippen LogP contribution in [0.2, 0.25) is 0 Å². The molecule has 0 bridgehead atoms. The number of hydrogen-bond acceptors (Lipinski definition) is 8. The number of hydrogen-bond donors (Lipinski definition) is 3. The molecule has 0 unspecified atom stereocenters. The van der Waals surface area contributed by atoms with Crippen molar-refractivity contribution in [3.05, 3.63) is 29.6 Å². The lowest BCUT2D eigenvalue weighted by Crippen LogP contribution is -2.31. The molecule has 0 spiro atoms. The van der Waals surface area contributed by atoms with Gasteiger partial charge in [-0.1, -0.05) is 19.3 Å². The van der Waals surface area contributed by atoms with Gasteiger partial charge in [-0.2, -0.15) is 15.0 Å². The number of piperidine rings is 1. The number of methoxy groups -OCH3 is 1. The first-order chi connectivity index (χ1) is 16.1. The van der Waals surface area contributed by atoms with Crippen molar-refractivity contribution >= 4 is 23.5 Å². The third-order valence-corrected chi connectivity index (χ3v) is 6.34. The van der Waals surface area contributed by atoms with Crippen molar-refractivity contribution in [1.29, 1.82) is 0 Å². The van der Waals surface area contributed by atoms with Gasteiger partial charge in [-0.15, -0.1) is 0 Å². The number of nitrogens with one attached hydrogen (secondary N) is 2. The van der Waals surface area contributed by atoms with Crippen LogP contribution in [-0.4, -0.2) is 59.3 Å². The number of carbonyl (C=O) groups excluding carboxylic acids is 1. The van der Waals surface area contributed by atoms with Crippen molar-refractivity contribution < 1.29 is 14.6 Å². The molecule has 1 aliphatic heterocycles. The van der Waals surface area contributed by atoms with E-state index in [1.54, 1.807) is 19.2 Å². The zero-order chi connectivity index (χ0) is 23.0. The summed E-state index contributed by atoms with van der Waals surface area (Å²) in [7, 11) is 1.57. The minimum atomic E-state index is -0.344. The highest BCUT2D eigenvalue weighted by Crippen LogP contribution is 2.32. The van der Waals surface area contributed by atoms with Gasteiger partial charge in [0, 0.05) is 44.4 Å². The van der Waals surface area contributed by atoms with Crippen LogP contribution in [0.4, 0.5) is 17.6 Å². The molecule has 1 aromatic carbocycles. The molecule has 0 atom stereocenters. The van der Waals surface area contributed by atoms with Crippen LogP contribution in [0.15, 0.2) is 18.2 Å². The highest BCUT2D eigenvalue weighted by molar-refractivity contribution is 5.97. The van der Waals surface area contributed by atoms with Gasteiger partial charge in [0.15, 0.2) is 0 Å². The second-order valence-corrected chi connectivity index (χ2v) is 8.81. The topological polar surface area (TPSA) is 112 Å². The minimum Gasteiger partial charge on any atom is -0.507 e. The van der Waals surface area contributed by atoms with Crippen LogP contribution in [0.1, 0.15) is 73.5 Å². The summed E-state index contributed by atoms with van der Waals surface area (Å²) in [4.78, 5) is 28.8. The summed E-state index contributed by atoms with van der Waals surface area (Å²) in [5, 5.41) is 16.4. The van der Waals surface area contributed by atoms with Gasteiger partial charge in [0.1, 0.15) is 11.6 Å². The molecule has 2 heterocycles. The molecule has 2 aliphatic rings. The molecule has 9 nitrogen and oxygen atoms in total. The number of rotatable bonds is 8. The van der Waals surface area contributed by atoms with Crippen molar-refractivity contribution in [1.82, 2.24) is 20.3 Å². The van der Waals surface area contributed by atoms with E-state index in [2.05, 4.69) is 15.5 Å². The monoisotopic (exact) mass is 454 g/mol. The number of phenols is 1. The predicted octanol–water partition coefficient (Wildman–Crippen LogP) is 3.74. The predicted molar refractivity (Wildman–Crippen MR) is 127 cm³/mol. The summed E-state index contributed by atoms with van der Waals surface area (Å²) < 4.78 is 4.94. The molecule has 1 aromatic heterocycles. The SMILES string of the molecule is COCCNC(=O)c1ccc(Nc2nc(C3CCCCC3)nc(N3CCCCC3)n2)cc1O. The molecule has 4 rings (SSSR count). The Bertz CT molecular complexity index is 906. The third kappa shape index (κ3) is 6.10. The van der Waals surface area contributed by atoms with Gasteiger partial charge in [0.05, 0.1) is 12.2 Å². The Morgan fingerprint density at radius 3 is 2.58 bits per heavy atom. The maximum Gasteiger partial charge on any atom is 0.255 e. The Labute approximate surface area is 195 Å². The minimum absolute atomic E-state index is 0.104. The first-order valence-corrected chi connectivity index (χ1v) is 12.0. The molecule has 2 fully saturated rings. The maximum atomic E-state index is 12.3. The highest BCUT2D eigenvalue weighted by atomic mass is 16.5. The molecular weight excluding hydrogens is 420 g/mol. The van der Waals surface area contributed by atoms with E-state index in [0.717, 1.165) is 50.5 Å². The fourth-order valence-corrected chi connectivity index (χ4v) is 4.51. The van der Waals surface area contributed by atoms with Crippen LogP contribution >= 0.6 is 0 Å². The highest BCUT2D eigenvalue weighted by Gasteiger charge is 2.23. The largest absolute Gasteiger partial charge is 0.507 e. The number of anilines is 3. The van der Waals surface area contributed by atoms with E-state index in [0.29, 0.717) is 30.7 Å². The second-order valence-electron chi connectivity index (χ2n) is 8.81. The standard InChI is InChI=1S/C24H34N6O3/c1-33-15-12-25-22(32)19-11-10-18(16-20(19)31)26-23-27-21(17-8-4-2-5-9-17)28-24(29-23)30-13-6-3-7-14-30/h10-11,16-17,31H,2-9,12-15H2,1H3,(H,25,32)(H,26,27,28,29). The van der Waals surface area contributed by atoms with Crippen molar-refractivity contribution in [2.45, 2.75) is 57.3 Å². The summed E-state index contributed by atoms with van der Waals surface area (Å²) in [6.07, 6.45) is 9.44. The summed E-state index contributed by atoms with van der Waals surface area (Å²) in [6.45, 7) is 2.71. The van der Waals surface area contributed by atoms with E-state index in [9.17, 15) is 9.90 Å². The summed E-state index contributed by atoms with van der Waals surface area (Å²) in [6, 6.07) is 4.86. The number of phenolic OH excluding ortho intramolecular Hbond substituents is 1. The average molecular weight is 455 g/mol. The van der Waals surface area contributed by atoms with Crippen LogP contribution in [0.5, 0.6) is 5.75 Å². The van der Waals surface area contributed by atoms with E-state index >= 15 is 0 Å². The molecule has 9 heteroatoms. The Kier molecular flexibility index (Phi) is 7.93. The smallest absolute Gasteiger partial charge is 0.255 e. The summed E-state index contributed by atoms with van der Waals surface area (Å²) >= 11 is 0. The number of nitrogens with zero attached hydrogens (tertiary/aromatic N) is 4. The first-order valence-electron chi connectivity index (χ1n) is 12.0. The number of amides is 1. The van der Waals surface area contributed by atoms with Crippen LogP contribution in [0.25, 0.3) is 0 Å². The number of carbonyl (C=O) groups is 1. The average Bonchev–Trinajstić information content (AvgIpc) is 2.85. The number of benzene rings is 1. The van der Waals surface area contributed by atoms with Crippen LogP contribution in [-0.2, 0) is 4.74 Å². The molecule has 33 heavy (non-hydrogen) atoms. The fourth-order valence-electron chi connectivity index (χ4n) is 4.51. The number of aromatic hydroxyl groups is 1. The van der Waals surface area contributed by atoms with Crippen LogP contribution < -0.4 is 15.5 Å². The molecule has 1 saturated heterocycles. The lowest BCUT2D eigenvalue weighted by atomic mass is 9.89. The Hall–Kier alpha value is -2.94. The van der Waals surface area contributed by atoms with Gasteiger partial charge in [0.2, 0.25) is 11.9 Å². The van der Waals surface area contributed by atoms with Crippen molar-refractivity contribution in [2.24, 2.45) is 0 Å². The zero-order valence-electron chi connectivity index (χ0n) is 19.3. The molecule has 178 valence electrons. The van der Waals surface area contributed by atoms with Crippen LogP contribution in [0.3, 0.4) is 0 Å². The van der Waals surface area contributed by atoms with Gasteiger partial charge in [-0.3, -0.25) is 4.79 Å². The van der Waals surface area contributed by atoms with Gasteiger partial charge in [-0.25, -0.2) is 0 Å². The molecule has 1 saturated carbocycles. The van der Waals surface area contributed by atoms with Crippen molar-refractivity contribution in [3.8, 4) is 5.75 Å². The van der Waals surface area contributed by atoms with Gasteiger partial charge >= 0.3 is 0 Å².